The van der Waals surface area contributed by atoms with Gasteiger partial charge in [-0.3, -0.25) is 19.3 Å². The van der Waals surface area contributed by atoms with Gasteiger partial charge < -0.3 is 15.0 Å². The molecule has 3 heterocycles. The number of alkyl halides is 4. The number of carbonyl (C=O) groups excluding carboxylic acids is 1. The summed E-state index contributed by atoms with van der Waals surface area (Å²) in [5.41, 5.74) is -2.20. The average Bonchev–Trinajstić information content (AvgIpc) is 3.24. The van der Waals surface area contributed by atoms with Crippen molar-refractivity contribution in [1.29, 1.82) is 0 Å². The predicted octanol–water partition coefficient (Wildman–Crippen LogP) is 4.01. The number of carbonyl (C=O) groups is 1. The molecular formula is C22H21ClF3N5O5S. The van der Waals surface area contributed by atoms with Gasteiger partial charge in [-0.1, -0.05) is 0 Å². The lowest BCUT2D eigenvalue weighted by Crippen LogP contribution is -2.23. The summed E-state index contributed by atoms with van der Waals surface area (Å²) in [4.78, 5) is 27.3. The Labute approximate surface area is 215 Å². The van der Waals surface area contributed by atoms with E-state index in [0.717, 1.165) is 0 Å². The van der Waals surface area contributed by atoms with Gasteiger partial charge in [-0.15, -0.1) is 8.78 Å². The number of pyridine rings is 1. The molecule has 0 spiro atoms. The van der Waals surface area contributed by atoms with E-state index in [1.807, 2.05) is 4.90 Å². The van der Waals surface area contributed by atoms with Gasteiger partial charge >= 0.3 is 5.57 Å². The molecule has 37 heavy (non-hydrogen) atoms. The van der Waals surface area contributed by atoms with Gasteiger partial charge in [0, 0.05) is 48.0 Å². The highest BCUT2D eigenvalue weighted by atomic mass is 35.5. The fraction of sp³-hybridized carbons (Fsp3) is 0.273. The van der Waals surface area contributed by atoms with Crippen LogP contribution < -0.4 is 15.0 Å². The van der Waals surface area contributed by atoms with Crippen LogP contribution in [0.2, 0.25) is 0 Å². The molecule has 1 aliphatic rings. The fourth-order valence-electron chi connectivity index (χ4n) is 3.31. The van der Waals surface area contributed by atoms with E-state index in [1.165, 1.54) is 49.1 Å². The molecule has 2 N–H and O–H groups in total. The van der Waals surface area contributed by atoms with Crippen LogP contribution in [0.25, 0.3) is 11.3 Å². The Balaban J connectivity index is 0.000000695. The molecule has 0 aliphatic carbocycles. The zero-order valence-corrected chi connectivity index (χ0v) is 20.8. The average molecular weight is 560 g/mol. The van der Waals surface area contributed by atoms with Crippen molar-refractivity contribution in [2.75, 3.05) is 29.6 Å². The minimum Gasteiger partial charge on any atom is -0.420 e. The van der Waals surface area contributed by atoms with Crippen molar-refractivity contribution in [1.82, 2.24) is 15.0 Å². The quantitative estimate of drug-likeness (QED) is 0.339. The third kappa shape index (κ3) is 9.15. The lowest BCUT2D eigenvalue weighted by Gasteiger charge is -2.20. The maximum atomic E-state index is 13.7. The van der Waals surface area contributed by atoms with Gasteiger partial charge in [-0.2, -0.15) is 8.42 Å². The Morgan fingerprint density at radius 2 is 1.89 bits per heavy atom. The molecule has 4 rings (SSSR count). The molecule has 1 unspecified atom stereocenters. The van der Waals surface area contributed by atoms with E-state index in [9.17, 15) is 26.4 Å². The topological polar surface area (TPSA) is 135 Å². The fourth-order valence-corrected chi connectivity index (χ4v) is 3.40. The third-order valence-electron chi connectivity index (χ3n) is 4.74. The zero-order chi connectivity index (χ0) is 27.2. The number of aromatic nitrogens is 3. The molecule has 1 aromatic carbocycles. The molecule has 1 atom stereocenters. The predicted molar refractivity (Wildman–Crippen MR) is 130 cm³/mol. The van der Waals surface area contributed by atoms with Crippen molar-refractivity contribution in [2.45, 2.75) is 18.2 Å². The van der Waals surface area contributed by atoms with E-state index in [4.69, 9.17) is 16.2 Å². The first-order chi connectivity index (χ1) is 17.3. The molecule has 2 aromatic heterocycles. The van der Waals surface area contributed by atoms with E-state index >= 15 is 0 Å². The van der Waals surface area contributed by atoms with E-state index in [-0.39, 0.29) is 17.9 Å². The molecule has 10 nitrogen and oxygen atoms in total. The van der Waals surface area contributed by atoms with Gasteiger partial charge in [0.2, 0.25) is 0 Å². The lowest BCUT2D eigenvalue weighted by molar-refractivity contribution is -0.0964. The van der Waals surface area contributed by atoms with Gasteiger partial charge in [0.15, 0.2) is 0 Å². The van der Waals surface area contributed by atoms with Crippen molar-refractivity contribution in [3.63, 3.8) is 0 Å². The highest BCUT2D eigenvalue weighted by Crippen LogP contribution is 2.31. The monoisotopic (exact) mass is 559 g/mol. The number of benzene rings is 1. The van der Waals surface area contributed by atoms with Crippen LogP contribution in [-0.4, -0.2) is 64.9 Å². The van der Waals surface area contributed by atoms with Gasteiger partial charge in [0.05, 0.1) is 30.3 Å². The number of ether oxygens (including phenoxy) is 1. The van der Waals surface area contributed by atoms with Crippen LogP contribution in [0.4, 0.5) is 24.7 Å². The van der Waals surface area contributed by atoms with E-state index in [1.54, 1.807) is 6.07 Å². The second kappa shape index (κ2) is 11.7. The summed E-state index contributed by atoms with van der Waals surface area (Å²) in [6, 6.07) is 6.90. The molecule has 1 saturated heterocycles. The molecule has 0 bridgehead atoms. The van der Waals surface area contributed by atoms with Crippen LogP contribution in [0.15, 0.2) is 55.1 Å². The van der Waals surface area contributed by atoms with Gasteiger partial charge in [0.25, 0.3) is 16.0 Å². The Bertz CT molecular complexity index is 1320. The SMILES string of the molecule is CS(=O)(=O)O.O=C(Nc1ccc(OC(F)(F)Cl)cc1)c1cnc(N2CCC(F)C2)c(-c2cnccn2)c1. The van der Waals surface area contributed by atoms with Crippen molar-refractivity contribution < 1.29 is 35.7 Å². The molecule has 0 radical (unpaired) electrons. The van der Waals surface area contributed by atoms with Crippen molar-refractivity contribution in [3.05, 3.63) is 60.7 Å². The summed E-state index contributed by atoms with van der Waals surface area (Å²) in [5.74, 6) is -0.114. The number of rotatable bonds is 6. The largest absolute Gasteiger partial charge is 0.487 e. The Morgan fingerprint density at radius 3 is 2.43 bits per heavy atom. The summed E-state index contributed by atoms with van der Waals surface area (Å²) in [7, 11) is -3.67. The third-order valence-corrected chi connectivity index (χ3v) is 4.82. The smallest absolute Gasteiger partial charge is 0.420 e. The van der Waals surface area contributed by atoms with Gasteiger partial charge in [0.1, 0.15) is 17.7 Å². The molecule has 3 aromatic rings. The van der Waals surface area contributed by atoms with Crippen molar-refractivity contribution in [3.8, 4) is 17.0 Å². The normalized spacial score (nSPS) is 15.5. The molecule has 1 amide bonds. The summed E-state index contributed by atoms with van der Waals surface area (Å²) in [6.07, 6.45) is 6.14. The van der Waals surface area contributed by atoms with Crippen molar-refractivity contribution in [2.24, 2.45) is 0 Å². The molecule has 0 saturated carbocycles. The van der Waals surface area contributed by atoms with Gasteiger partial charge in [-0.05, 0) is 36.8 Å². The first kappa shape index (κ1) is 28.1. The number of hydrogen-bond acceptors (Lipinski definition) is 8. The number of halogens is 4. The number of nitrogens with zero attached hydrogens (tertiary/aromatic N) is 4. The van der Waals surface area contributed by atoms with Crippen LogP contribution in [0.1, 0.15) is 16.8 Å². The maximum absolute atomic E-state index is 13.7. The van der Waals surface area contributed by atoms with Crippen LogP contribution >= 0.6 is 11.6 Å². The second-order valence-electron chi connectivity index (χ2n) is 7.78. The van der Waals surface area contributed by atoms with Crippen LogP contribution in [0.3, 0.4) is 0 Å². The first-order valence-electron chi connectivity index (χ1n) is 10.5. The summed E-state index contributed by atoms with van der Waals surface area (Å²) in [6.45, 7) is 0.713. The number of anilines is 2. The highest BCUT2D eigenvalue weighted by molar-refractivity contribution is 7.85. The van der Waals surface area contributed by atoms with Crippen LogP contribution in [-0.2, 0) is 10.1 Å². The standard InChI is InChI=1S/C21H17ClF3N5O2.CH4O3S/c22-21(24,25)32-16-3-1-15(2-4-16)29-20(31)13-9-17(18-11-26-6-7-27-18)19(28-10-13)30-8-5-14(23)12-30;1-5(2,3)4/h1-4,6-7,9-11,14H,5,8,12H2,(H,29,31);1H3,(H,2,3,4). The Kier molecular flexibility index (Phi) is 8.89. The zero-order valence-electron chi connectivity index (χ0n) is 19.2. The minimum atomic E-state index is -3.83. The molecule has 198 valence electrons. The van der Waals surface area contributed by atoms with Crippen molar-refractivity contribution >= 4 is 39.1 Å². The summed E-state index contributed by atoms with van der Waals surface area (Å²) >= 11 is 4.74. The summed E-state index contributed by atoms with van der Waals surface area (Å²) < 4.78 is 69.3. The number of hydrogen-bond donors (Lipinski definition) is 2. The van der Waals surface area contributed by atoms with Crippen LogP contribution in [0, 0.1) is 0 Å². The summed E-state index contributed by atoms with van der Waals surface area (Å²) in [5, 5.41) is 2.66. The molecule has 15 heteroatoms. The highest BCUT2D eigenvalue weighted by Gasteiger charge is 2.28. The Hall–Kier alpha value is -3.49. The molecular weight excluding hydrogens is 539 g/mol. The van der Waals surface area contributed by atoms with Crippen LogP contribution in [0.5, 0.6) is 5.75 Å². The van der Waals surface area contributed by atoms with E-state index in [0.29, 0.717) is 42.0 Å². The lowest BCUT2D eigenvalue weighted by atomic mass is 10.1. The van der Waals surface area contributed by atoms with E-state index in [2.05, 4.69) is 25.0 Å². The second-order valence-corrected chi connectivity index (χ2v) is 9.68. The Morgan fingerprint density at radius 1 is 1.22 bits per heavy atom. The number of nitrogens with one attached hydrogen (secondary N) is 1. The van der Waals surface area contributed by atoms with E-state index < -0.39 is 27.8 Å². The maximum Gasteiger partial charge on any atom is 0.487 e. The molecule has 1 fully saturated rings. The van der Waals surface area contributed by atoms with Gasteiger partial charge in [-0.25, -0.2) is 9.37 Å². The number of amides is 1. The molecule has 1 aliphatic heterocycles. The minimum absolute atomic E-state index is 0.157. The first-order valence-corrected chi connectivity index (χ1v) is 12.8.